The van der Waals surface area contributed by atoms with Gasteiger partial charge in [0.15, 0.2) is 5.82 Å². The van der Waals surface area contributed by atoms with Crippen LogP contribution in [0.3, 0.4) is 0 Å². The fraction of sp³-hybridized carbons (Fsp3) is 0.545. The summed E-state index contributed by atoms with van der Waals surface area (Å²) in [4.78, 5) is 0. The van der Waals surface area contributed by atoms with Crippen molar-refractivity contribution in [1.29, 1.82) is 5.26 Å². The molecule has 1 aromatic rings. The largest absolute Gasteiger partial charge is 0.366 e. The highest BCUT2D eigenvalue weighted by molar-refractivity contribution is 5.55. The molecule has 3 N–H and O–H groups in total. The van der Waals surface area contributed by atoms with E-state index in [9.17, 15) is 0 Å². The van der Waals surface area contributed by atoms with E-state index in [1.165, 1.54) is 0 Å². The molecule has 1 rings (SSSR count). The zero-order valence-electron chi connectivity index (χ0n) is 9.91. The molecule has 1 unspecified atom stereocenters. The van der Waals surface area contributed by atoms with Crippen molar-refractivity contribution < 1.29 is 0 Å². The molecular formula is C11H17N5. The molecule has 16 heavy (non-hydrogen) atoms. The number of aryl methyl sites for hydroxylation is 1. The number of rotatable bonds is 4. The Morgan fingerprint density at radius 2 is 2.12 bits per heavy atom. The number of hydrogen-bond acceptors (Lipinski definition) is 5. The number of hydrogen-bond donors (Lipinski definition) is 2. The van der Waals surface area contributed by atoms with Gasteiger partial charge in [-0.1, -0.05) is 6.92 Å². The van der Waals surface area contributed by atoms with Gasteiger partial charge in [-0.15, -0.1) is 5.10 Å². The Kier molecular flexibility index (Phi) is 4.20. The summed E-state index contributed by atoms with van der Waals surface area (Å²) in [7, 11) is 0. The number of nitrogens with one attached hydrogen (secondary N) is 1. The smallest absolute Gasteiger partial charge is 0.166 e. The van der Waals surface area contributed by atoms with Crippen molar-refractivity contribution in [2.75, 3.05) is 11.9 Å². The molecule has 0 aliphatic carbocycles. The van der Waals surface area contributed by atoms with Crippen molar-refractivity contribution in [3.63, 3.8) is 0 Å². The molecule has 0 spiro atoms. The first-order valence-electron chi connectivity index (χ1n) is 5.33. The maximum atomic E-state index is 9.06. The normalized spacial score (nSPS) is 11.9. The van der Waals surface area contributed by atoms with Gasteiger partial charge in [0.05, 0.1) is 5.69 Å². The topological polar surface area (TPSA) is 87.6 Å². The first-order chi connectivity index (χ1) is 7.60. The van der Waals surface area contributed by atoms with E-state index >= 15 is 0 Å². The number of aromatic nitrogens is 2. The standard InChI is InChI=1S/C11H17N5/c1-4-9(13)6-14-11-10(5-12)7(2)8(3)15-16-11/h9H,4,6,13H2,1-3H3,(H,14,16). The van der Waals surface area contributed by atoms with E-state index in [0.717, 1.165) is 17.7 Å². The van der Waals surface area contributed by atoms with Crippen LogP contribution < -0.4 is 11.1 Å². The van der Waals surface area contributed by atoms with Crippen LogP contribution >= 0.6 is 0 Å². The molecule has 0 amide bonds. The number of nitrogens with zero attached hydrogens (tertiary/aromatic N) is 3. The van der Waals surface area contributed by atoms with Crippen LogP contribution in [0.4, 0.5) is 5.82 Å². The summed E-state index contributed by atoms with van der Waals surface area (Å²) >= 11 is 0. The Morgan fingerprint density at radius 3 is 2.69 bits per heavy atom. The van der Waals surface area contributed by atoms with E-state index in [1.807, 2.05) is 20.8 Å². The van der Waals surface area contributed by atoms with Crippen LogP contribution in [0.25, 0.3) is 0 Å². The second kappa shape index (κ2) is 5.42. The van der Waals surface area contributed by atoms with E-state index in [4.69, 9.17) is 11.0 Å². The Hall–Kier alpha value is -1.67. The quantitative estimate of drug-likeness (QED) is 0.792. The second-order valence-corrected chi connectivity index (χ2v) is 3.80. The van der Waals surface area contributed by atoms with Crippen molar-refractivity contribution in [1.82, 2.24) is 10.2 Å². The fourth-order valence-corrected chi connectivity index (χ4v) is 1.24. The van der Waals surface area contributed by atoms with Gasteiger partial charge in [-0.2, -0.15) is 10.4 Å². The Bertz CT molecular complexity index is 408. The molecule has 0 aliphatic heterocycles. The molecule has 86 valence electrons. The van der Waals surface area contributed by atoms with Gasteiger partial charge < -0.3 is 11.1 Å². The van der Waals surface area contributed by atoms with Gasteiger partial charge in [0, 0.05) is 12.6 Å². The molecule has 0 radical (unpaired) electrons. The number of anilines is 1. The molecule has 5 nitrogen and oxygen atoms in total. The number of nitriles is 1. The summed E-state index contributed by atoms with van der Waals surface area (Å²) in [6.07, 6.45) is 0.882. The lowest BCUT2D eigenvalue weighted by Gasteiger charge is -2.12. The summed E-state index contributed by atoms with van der Waals surface area (Å²) in [5.74, 6) is 0.523. The van der Waals surface area contributed by atoms with E-state index in [-0.39, 0.29) is 6.04 Å². The van der Waals surface area contributed by atoms with Crippen LogP contribution in [0, 0.1) is 25.2 Å². The van der Waals surface area contributed by atoms with Crippen molar-refractivity contribution >= 4 is 5.82 Å². The molecule has 0 saturated carbocycles. The third-order valence-corrected chi connectivity index (χ3v) is 2.62. The Balaban J connectivity index is 2.89. The third kappa shape index (κ3) is 2.67. The molecule has 1 heterocycles. The van der Waals surface area contributed by atoms with Crippen molar-refractivity contribution in [3.8, 4) is 6.07 Å². The predicted molar refractivity (Wildman–Crippen MR) is 63.0 cm³/mol. The predicted octanol–water partition coefficient (Wildman–Crippen LogP) is 1.11. The van der Waals surface area contributed by atoms with Crippen LogP contribution in [-0.2, 0) is 0 Å². The molecule has 0 bridgehead atoms. The van der Waals surface area contributed by atoms with Gasteiger partial charge in [-0.05, 0) is 25.8 Å². The zero-order chi connectivity index (χ0) is 12.1. The summed E-state index contributed by atoms with van der Waals surface area (Å²) in [6, 6.07) is 2.21. The third-order valence-electron chi connectivity index (χ3n) is 2.62. The van der Waals surface area contributed by atoms with Gasteiger partial charge in [-0.3, -0.25) is 0 Å². The Morgan fingerprint density at radius 1 is 1.44 bits per heavy atom. The molecule has 0 aromatic carbocycles. The molecule has 1 atom stereocenters. The lowest BCUT2D eigenvalue weighted by Crippen LogP contribution is -2.28. The Labute approximate surface area is 95.7 Å². The zero-order valence-corrected chi connectivity index (χ0v) is 9.91. The van der Waals surface area contributed by atoms with Crippen molar-refractivity contribution in [3.05, 3.63) is 16.8 Å². The SMILES string of the molecule is CCC(N)CNc1nnc(C)c(C)c1C#N. The van der Waals surface area contributed by atoms with E-state index in [2.05, 4.69) is 21.6 Å². The molecule has 1 aromatic heterocycles. The molecule has 0 saturated heterocycles. The lowest BCUT2D eigenvalue weighted by atomic mass is 10.1. The lowest BCUT2D eigenvalue weighted by molar-refractivity contribution is 0.676. The minimum atomic E-state index is 0.0648. The highest BCUT2D eigenvalue weighted by atomic mass is 15.2. The van der Waals surface area contributed by atoms with Crippen LogP contribution in [0.15, 0.2) is 0 Å². The minimum absolute atomic E-state index is 0.0648. The van der Waals surface area contributed by atoms with E-state index in [0.29, 0.717) is 17.9 Å². The van der Waals surface area contributed by atoms with E-state index < -0.39 is 0 Å². The molecular weight excluding hydrogens is 202 g/mol. The highest BCUT2D eigenvalue weighted by Gasteiger charge is 2.10. The average molecular weight is 219 g/mol. The van der Waals surface area contributed by atoms with Gasteiger partial charge in [0.1, 0.15) is 11.6 Å². The first-order valence-corrected chi connectivity index (χ1v) is 5.33. The maximum Gasteiger partial charge on any atom is 0.166 e. The minimum Gasteiger partial charge on any atom is -0.366 e. The maximum absolute atomic E-state index is 9.06. The highest BCUT2D eigenvalue weighted by Crippen LogP contribution is 2.16. The summed E-state index contributed by atoms with van der Waals surface area (Å²) in [5, 5.41) is 20.1. The monoisotopic (exact) mass is 219 g/mol. The first kappa shape index (κ1) is 12.4. The molecule has 5 heteroatoms. The summed E-state index contributed by atoms with van der Waals surface area (Å²) in [5.41, 5.74) is 7.98. The van der Waals surface area contributed by atoms with Crippen molar-refractivity contribution in [2.45, 2.75) is 33.2 Å². The molecule has 0 fully saturated rings. The fourth-order valence-electron chi connectivity index (χ4n) is 1.24. The van der Waals surface area contributed by atoms with Gasteiger partial charge in [-0.25, -0.2) is 0 Å². The summed E-state index contributed by atoms with van der Waals surface area (Å²) < 4.78 is 0. The van der Waals surface area contributed by atoms with Crippen LogP contribution in [0.1, 0.15) is 30.2 Å². The van der Waals surface area contributed by atoms with Gasteiger partial charge in [0.2, 0.25) is 0 Å². The molecule has 0 aliphatic rings. The average Bonchev–Trinajstić information content (AvgIpc) is 2.30. The second-order valence-electron chi connectivity index (χ2n) is 3.80. The van der Waals surface area contributed by atoms with Crippen LogP contribution in [-0.4, -0.2) is 22.8 Å². The van der Waals surface area contributed by atoms with Crippen LogP contribution in [0.2, 0.25) is 0 Å². The van der Waals surface area contributed by atoms with Gasteiger partial charge in [0.25, 0.3) is 0 Å². The number of nitrogens with two attached hydrogens (primary N) is 1. The van der Waals surface area contributed by atoms with Crippen LogP contribution in [0.5, 0.6) is 0 Å². The van der Waals surface area contributed by atoms with Gasteiger partial charge >= 0.3 is 0 Å². The van der Waals surface area contributed by atoms with Crippen molar-refractivity contribution in [2.24, 2.45) is 5.73 Å². The van der Waals surface area contributed by atoms with E-state index in [1.54, 1.807) is 0 Å². The summed E-state index contributed by atoms with van der Waals surface area (Å²) in [6.45, 7) is 6.32.